The Morgan fingerprint density at radius 1 is 1.22 bits per heavy atom. The maximum Gasteiger partial charge on any atom is 0.511 e. The molecule has 23 heavy (non-hydrogen) atoms. The summed E-state index contributed by atoms with van der Waals surface area (Å²) in [5.74, 6) is 0.525. The number of alkyl halides is 3. The third-order valence-corrected chi connectivity index (χ3v) is 5.34. The molecule has 2 aromatic rings. The molecule has 1 aliphatic heterocycles. The van der Waals surface area contributed by atoms with Gasteiger partial charge >= 0.3 is 15.5 Å². The van der Waals surface area contributed by atoms with E-state index in [0.717, 1.165) is 0 Å². The standard InChI is InChI=1S/C13H14F3N3O3S/c14-13(15,16)23(20,21)18-7-4-10(5-8-18)22-12-3-1-2-11-17-6-9-19(11)12/h1-3,6,9-10H,4-5,7-8H2. The molecule has 0 N–H and O–H groups in total. The molecule has 6 nitrogen and oxygen atoms in total. The monoisotopic (exact) mass is 349 g/mol. The van der Waals surface area contributed by atoms with Crippen LogP contribution in [0.5, 0.6) is 5.88 Å². The second kappa shape index (κ2) is 5.68. The van der Waals surface area contributed by atoms with Gasteiger partial charge in [0.1, 0.15) is 11.8 Å². The van der Waals surface area contributed by atoms with Crippen LogP contribution in [-0.2, 0) is 10.0 Å². The zero-order valence-electron chi connectivity index (χ0n) is 11.9. The molecule has 0 radical (unpaired) electrons. The molecule has 2 aromatic heterocycles. The first kappa shape index (κ1) is 16.1. The zero-order chi connectivity index (χ0) is 16.7. The Bertz CT molecular complexity index is 795. The average Bonchev–Trinajstić information content (AvgIpc) is 2.96. The van der Waals surface area contributed by atoms with Gasteiger partial charge in [0.15, 0.2) is 5.88 Å². The minimum Gasteiger partial charge on any atom is -0.475 e. The van der Waals surface area contributed by atoms with Crippen LogP contribution in [0.4, 0.5) is 13.2 Å². The van der Waals surface area contributed by atoms with Gasteiger partial charge in [-0.25, -0.2) is 13.4 Å². The molecule has 1 fully saturated rings. The Hall–Kier alpha value is -1.81. The number of halogens is 3. The number of imidazole rings is 1. The van der Waals surface area contributed by atoms with Crippen LogP contribution in [0, 0.1) is 0 Å². The molecule has 1 aliphatic rings. The van der Waals surface area contributed by atoms with E-state index in [0.29, 0.717) is 15.8 Å². The van der Waals surface area contributed by atoms with Crippen molar-refractivity contribution in [3.63, 3.8) is 0 Å². The highest BCUT2D eigenvalue weighted by atomic mass is 32.2. The van der Waals surface area contributed by atoms with Crippen LogP contribution >= 0.6 is 0 Å². The lowest BCUT2D eigenvalue weighted by Gasteiger charge is -2.31. The van der Waals surface area contributed by atoms with Crippen molar-refractivity contribution in [3.05, 3.63) is 30.6 Å². The Balaban J connectivity index is 1.67. The topological polar surface area (TPSA) is 63.9 Å². The van der Waals surface area contributed by atoms with E-state index < -0.39 is 15.5 Å². The van der Waals surface area contributed by atoms with Gasteiger partial charge in [0.05, 0.1) is 0 Å². The summed E-state index contributed by atoms with van der Waals surface area (Å²) < 4.78 is 68.3. The Labute approximate surface area is 130 Å². The van der Waals surface area contributed by atoms with Gasteiger partial charge in [-0.15, -0.1) is 0 Å². The molecule has 10 heteroatoms. The molecule has 0 amide bonds. The van der Waals surface area contributed by atoms with Gasteiger partial charge in [-0.3, -0.25) is 4.40 Å². The van der Waals surface area contributed by atoms with Gasteiger partial charge in [0.25, 0.3) is 0 Å². The first-order valence-corrected chi connectivity index (χ1v) is 8.38. The molecule has 0 unspecified atom stereocenters. The van der Waals surface area contributed by atoms with Crippen molar-refractivity contribution >= 4 is 15.7 Å². The highest BCUT2D eigenvalue weighted by Crippen LogP contribution is 2.30. The quantitative estimate of drug-likeness (QED) is 0.851. The van der Waals surface area contributed by atoms with Gasteiger partial charge in [-0.2, -0.15) is 17.5 Å². The molecule has 0 spiro atoms. The maximum absolute atomic E-state index is 12.5. The highest BCUT2D eigenvalue weighted by Gasteiger charge is 2.50. The van der Waals surface area contributed by atoms with E-state index in [1.54, 1.807) is 35.0 Å². The minimum atomic E-state index is -5.26. The summed E-state index contributed by atoms with van der Waals surface area (Å²) in [5, 5.41) is 0. The smallest absolute Gasteiger partial charge is 0.475 e. The van der Waals surface area contributed by atoms with Crippen LogP contribution in [0.2, 0.25) is 0 Å². The third-order valence-electron chi connectivity index (χ3n) is 3.71. The number of nitrogens with zero attached hydrogens (tertiary/aromatic N) is 3. The number of pyridine rings is 1. The van der Waals surface area contributed by atoms with E-state index in [1.165, 1.54) is 0 Å². The summed E-state index contributed by atoms with van der Waals surface area (Å²) in [6.45, 7) is -0.432. The number of piperidine rings is 1. The van der Waals surface area contributed by atoms with Gasteiger partial charge < -0.3 is 4.74 Å². The molecule has 1 saturated heterocycles. The molecule has 3 rings (SSSR count). The molecule has 0 aromatic carbocycles. The summed E-state index contributed by atoms with van der Waals surface area (Å²) in [6.07, 6.45) is 3.37. The molecule has 0 atom stereocenters. The van der Waals surface area contributed by atoms with E-state index in [2.05, 4.69) is 4.98 Å². The Morgan fingerprint density at radius 2 is 1.91 bits per heavy atom. The largest absolute Gasteiger partial charge is 0.511 e. The Kier molecular flexibility index (Phi) is 3.96. The predicted octanol–water partition coefficient (Wildman–Crippen LogP) is 2.03. The number of ether oxygens (including phenoxy) is 1. The van der Waals surface area contributed by atoms with E-state index in [1.807, 2.05) is 0 Å². The zero-order valence-corrected chi connectivity index (χ0v) is 12.7. The molecule has 0 aliphatic carbocycles. The summed E-state index contributed by atoms with van der Waals surface area (Å²) in [5.41, 5.74) is -4.57. The van der Waals surface area contributed by atoms with Crippen LogP contribution in [0.1, 0.15) is 12.8 Å². The van der Waals surface area contributed by atoms with Crippen molar-refractivity contribution in [1.82, 2.24) is 13.7 Å². The predicted molar refractivity (Wildman–Crippen MR) is 75.4 cm³/mol. The first-order chi connectivity index (χ1) is 10.8. The molecule has 0 saturated carbocycles. The van der Waals surface area contributed by atoms with Gasteiger partial charge in [0, 0.05) is 25.5 Å². The van der Waals surface area contributed by atoms with Crippen molar-refractivity contribution in [2.45, 2.75) is 24.5 Å². The molecular weight excluding hydrogens is 335 g/mol. The van der Waals surface area contributed by atoms with Gasteiger partial charge in [-0.1, -0.05) is 6.07 Å². The lowest BCUT2D eigenvalue weighted by atomic mass is 10.1. The van der Waals surface area contributed by atoms with Crippen LogP contribution < -0.4 is 4.74 Å². The van der Waals surface area contributed by atoms with Crippen molar-refractivity contribution in [3.8, 4) is 5.88 Å². The number of hydrogen-bond acceptors (Lipinski definition) is 4. The van der Waals surface area contributed by atoms with Crippen molar-refractivity contribution < 1.29 is 26.3 Å². The number of fused-ring (bicyclic) bond motifs is 1. The highest BCUT2D eigenvalue weighted by molar-refractivity contribution is 7.90. The fourth-order valence-electron chi connectivity index (χ4n) is 2.52. The number of rotatable bonds is 3. The van der Waals surface area contributed by atoms with Crippen LogP contribution in [0.3, 0.4) is 0 Å². The van der Waals surface area contributed by atoms with E-state index in [9.17, 15) is 21.6 Å². The van der Waals surface area contributed by atoms with E-state index in [4.69, 9.17) is 4.74 Å². The number of aromatic nitrogens is 2. The summed E-state index contributed by atoms with van der Waals surface area (Å²) in [6, 6.07) is 5.29. The summed E-state index contributed by atoms with van der Waals surface area (Å²) >= 11 is 0. The van der Waals surface area contributed by atoms with E-state index in [-0.39, 0.29) is 32.0 Å². The van der Waals surface area contributed by atoms with Crippen LogP contribution in [-0.4, -0.2) is 46.8 Å². The van der Waals surface area contributed by atoms with Crippen LogP contribution in [0.25, 0.3) is 5.65 Å². The molecular formula is C13H14F3N3O3S. The maximum atomic E-state index is 12.5. The second-order valence-electron chi connectivity index (χ2n) is 5.19. The number of sulfonamides is 1. The lowest BCUT2D eigenvalue weighted by Crippen LogP contribution is -2.46. The average molecular weight is 349 g/mol. The fraction of sp³-hybridized carbons (Fsp3) is 0.462. The minimum absolute atomic E-state index is 0.195. The Morgan fingerprint density at radius 3 is 2.57 bits per heavy atom. The SMILES string of the molecule is O=S(=O)(N1CCC(Oc2cccc3nccn23)CC1)C(F)(F)F. The summed E-state index contributed by atoms with van der Waals surface area (Å²) in [7, 11) is -5.26. The molecule has 3 heterocycles. The fourth-order valence-corrected chi connectivity index (χ4v) is 3.51. The third kappa shape index (κ3) is 3.00. The van der Waals surface area contributed by atoms with Crippen molar-refractivity contribution in [2.24, 2.45) is 0 Å². The normalized spacial score (nSPS) is 18.4. The van der Waals surface area contributed by atoms with Gasteiger partial charge in [0.2, 0.25) is 0 Å². The van der Waals surface area contributed by atoms with Crippen molar-refractivity contribution in [1.29, 1.82) is 0 Å². The lowest BCUT2D eigenvalue weighted by molar-refractivity contribution is -0.0501. The first-order valence-electron chi connectivity index (χ1n) is 6.94. The van der Waals surface area contributed by atoms with Gasteiger partial charge in [-0.05, 0) is 25.0 Å². The second-order valence-corrected chi connectivity index (χ2v) is 7.12. The molecule has 0 bridgehead atoms. The van der Waals surface area contributed by atoms with E-state index >= 15 is 0 Å². The number of hydrogen-bond donors (Lipinski definition) is 0. The molecule has 126 valence electrons. The summed E-state index contributed by atoms with van der Waals surface area (Å²) in [4.78, 5) is 4.11. The van der Waals surface area contributed by atoms with Crippen molar-refractivity contribution in [2.75, 3.05) is 13.1 Å². The van der Waals surface area contributed by atoms with Crippen LogP contribution in [0.15, 0.2) is 30.6 Å².